The minimum atomic E-state index is -0.182. The van der Waals surface area contributed by atoms with Gasteiger partial charge in [-0.25, -0.2) is 0 Å². The lowest BCUT2D eigenvalue weighted by Crippen LogP contribution is -2.09. The van der Waals surface area contributed by atoms with E-state index in [1.807, 2.05) is 24.3 Å². The van der Waals surface area contributed by atoms with E-state index in [9.17, 15) is 4.79 Å². The smallest absolute Gasteiger partial charge is 0.204 e. The molecule has 1 aliphatic rings. The quantitative estimate of drug-likeness (QED) is 0.276. The molecule has 5 rings (SSSR count). The number of epoxide rings is 1. The molecule has 1 atom stereocenters. The van der Waals surface area contributed by atoms with Crippen LogP contribution in [0.15, 0.2) is 63.8 Å². The molecule has 32 heavy (non-hydrogen) atoms. The van der Waals surface area contributed by atoms with Crippen molar-refractivity contribution in [2.24, 2.45) is 0 Å². The number of hydrogen-bond acceptors (Lipinski definition) is 6. The second-order valence-corrected chi connectivity index (χ2v) is 7.99. The molecule has 6 nitrogen and oxygen atoms in total. The summed E-state index contributed by atoms with van der Waals surface area (Å²) in [6, 6.07) is 16.3. The van der Waals surface area contributed by atoms with Crippen LogP contribution >= 0.6 is 11.6 Å². The summed E-state index contributed by atoms with van der Waals surface area (Å²) in [6.45, 7) is 1.49. The number of methoxy groups -OCH3 is 1. The third-order valence-corrected chi connectivity index (χ3v) is 5.57. The Balaban J connectivity index is 1.53. The van der Waals surface area contributed by atoms with E-state index < -0.39 is 0 Å². The summed E-state index contributed by atoms with van der Waals surface area (Å²) >= 11 is 5.96. The van der Waals surface area contributed by atoms with Gasteiger partial charge in [0.2, 0.25) is 5.43 Å². The topological polar surface area (TPSA) is 70.4 Å². The van der Waals surface area contributed by atoms with E-state index in [4.69, 9.17) is 35.0 Å². The van der Waals surface area contributed by atoms with E-state index >= 15 is 0 Å². The second kappa shape index (κ2) is 8.73. The molecule has 0 saturated carbocycles. The van der Waals surface area contributed by atoms with Crippen LogP contribution in [-0.2, 0) is 11.2 Å². The van der Waals surface area contributed by atoms with Crippen molar-refractivity contribution in [2.45, 2.75) is 12.5 Å². The van der Waals surface area contributed by atoms with Gasteiger partial charge in [-0.1, -0.05) is 29.8 Å². The van der Waals surface area contributed by atoms with Gasteiger partial charge in [-0.05, 0) is 29.8 Å². The van der Waals surface area contributed by atoms with Crippen LogP contribution in [0, 0.1) is 0 Å². The van der Waals surface area contributed by atoms with Crippen LogP contribution in [0.1, 0.15) is 5.56 Å². The highest BCUT2D eigenvalue weighted by molar-refractivity contribution is 6.30. The Morgan fingerprint density at radius 3 is 2.62 bits per heavy atom. The van der Waals surface area contributed by atoms with Gasteiger partial charge in [0, 0.05) is 23.6 Å². The van der Waals surface area contributed by atoms with Crippen molar-refractivity contribution in [1.82, 2.24) is 0 Å². The largest absolute Gasteiger partial charge is 0.493 e. The summed E-state index contributed by atoms with van der Waals surface area (Å²) in [4.78, 5) is 13.4. The third-order valence-electron chi connectivity index (χ3n) is 5.32. The van der Waals surface area contributed by atoms with Gasteiger partial charge in [-0.3, -0.25) is 4.79 Å². The Kier molecular flexibility index (Phi) is 5.64. The first-order valence-electron chi connectivity index (χ1n) is 10.3. The van der Waals surface area contributed by atoms with Crippen molar-refractivity contribution in [2.75, 3.05) is 26.9 Å². The van der Waals surface area contributed by atoms with Gasteiger partial charge < -0.3 is 23.4 Å². The monoisotopic (exact) mass is 452 g/mol. The third kappa shape index (κ3) is 4.24. The minimum Gasteiger partial charge on any atom is -0.493 e. The zero-order chi connectivity index (χ0) is 22.1. The molecule has 7 heteroatoms. The van der Waals surface area contributed by atoms with Crippen LogP contribution in [0.3, 0.4) is 0 Å². The van der Waals surface area contributed by atoms with Gasteiger partial charge in [0.25, 0.3) is 0 Å². The average molecular weight is 453 g/mol. The van der Waals surface area contributed by atoms with Gasteiger partial charge in [-0.2, -0.15) is 0 Å². The van der Waals surface area contributed by atoms with Crippen molar-refractivity contribution in [3.63, 3.8) is 0 Å². The molecule has 1 fully saturated rings. The summed E-state index contributed by atoms with van der Waals surface area (Å²) in [5.74, 6) is 1.46. The van der Waals surface area contributed by atoms with Crippen LogP contribution in [-0.4, -0.2) is 33.0 Å². The highest BCUT2D eigenvalue weighted by Crippen LogP contribution is 2.34. The Bertz CT molecular complexity index is 1320. The van der Waals surface area contributed by atoms with Crippen molar-refractivity contribution in [3.05, 3.63) is 75.4 Å². The van der Waals surface area contributed by atoms with Crippen LogP contribution in [0.2, 0.25) is 5.02 Å². The molecule has 0 N–H and O–H groups in total. The molecule has 4 aromatic rings. The predicted octanol–water partition coefficient (Wildman–Crippen LogP) is 5.01. The first-order chi connectivity index (χ1) is 15.6. The van der Waals surface area contributed by atoms with Crippen molar-refractivity contribution in [3.8, 4) is 17.2 Å². The number of para-hydroxylation sites is 1. The minimum absolute atomic E-state index is 0.101. The molecular formula is C25H21ClO6. The second-order valence-electron chi connectivity index (χ2n) is 7.55. The summed E-state index contributed by atoms with van der Waals surface area (Å²) in [5.41, 5.74) is 1.67. The van der Waals surface area contributed by atoms with E-state index in [0.717, 1.165) is 5.56 Å². The molecule has 164 valence electrons. The van der Waals surface area contributed by atoms with E-state index in [2.05, 4.69) is 0 Å². The predicted molar refractivity (Wildman–Crippen MR) is 122 cm³/mol. The molecule has 1 aromatic heterocycles. The standard InChI is InChI=1S/C25H21ClO6/c1-28-20-4-2-3-19-24(27)23-21(29-10-9-15-5-7-16(26)8-6-15)11-17(30-13-18-14-31-18)12-22(23)32-25(19)20/h2-8,11-12,18H,9-10,13-14H2,1H3. The lowest BCUT2D eigenvalue weighted by atomic mass is 10.1. The number of hydrogen-bond donors (Lipinski definition) is 0. The molecule has 1 aliphatic heterocycles. The van der Waals surface area contributed by atoms with Crippen LogP contribution in [0.5, 0.6) is 17.2 Å². The van der Waals surface area contributed by atoms with Gasteiger partial charge >= 0.3 is 0 Å². The van der Waals surface area contributed by atoms with Gasteiger partial charge in [0.15, 0.2) is 11.3 Å². The fraction of sp³-hybridized carbons (Fsp3) is 0.240. The fourth-order valence-electron chi connectivity index (χ4n) is 3.56. The maximum absolute atomic E-state index is 13.4. The van der Waals surface area contributed by atoms with Crippen molar-refractivity contribution < 1.29 is 23.4 Å². The van der Waals surface area contributed by atoms with E-state index in [1.165, 1.54) is 0 Å². The molecule has 0 radical (unpaired) electrons. The molecule has 0 aliphatic carbocycles. The molecule has 3 aromatic carbocycles. The highest BCUT2D eigenvalue weighted by atomic mass is 35.5. The number of ether oxygens (including phenoxy) is 4. The number of fused-ring (bicyclic) bond motifs is 2. The summed E-state index contributed by atoms with van der Waals surface area (Å²) < 4.78 is 28.6. The van der Waals surface area contributed by atoms with Crippen molar-refractivity contribution >= 4 is 33.5 Å². The number of halogens is 1. The Hall–Kier alpha value is -3.22. The first kappa shape index (κ1) is 20.7. The van der Waals surface area contributed by atoms with Gasteiger partial charge in [-0.15, -0.1) is 0 Å². The maximum atomic E-state index is 13.4. The normalized spacial score (nSPS) is 15.1. The lowest BCUT2D eigenvalue weighted by molar-refractivity contribution is 0.261. The molecule has 1 unspecified atom stereocenters. The van der Waals surface area contributed by atoms with Crippen molar-refractivity contribution in [1.29, 1.82) is 0 Å². The maximum Gasteiger partial charge on any atom is 0.204 e. The van der Waals surface area contributed by atoms with Crippen LogP contribution in [0.4, 0.5) is 0 Å². The molecule has 0 spiro atoms. The molecular weight excluding hydrogens is 432 g/mol. The SMILES string of the molecule is COc1cccc2c(=O)c3c(OCCc4ccc(Cl)cc4)cc(OCC4CO4)cc3oc12. The van der Waals surface area contributed by atoms with E-state index in [-0.39, 0.29) is 11.5 Å². The highest BCUT2D eigenvalue weighted by Gasteiger charge is 2.24. The molecule has 0 amide bonds. The Morgan fingerprint density at radius 1 is 1.06 bits per heavy atom. The first-order valence-corrected chi connectivity index (χ1v) is 10.7. The fourth-order valence-corrected chi connectivity index (χ4v) is 3.68. The Morgan fingerprint density at radius 2 is 1.88 bits per heavy atom. The summed E-state index contributed by atoms with van der Waals surface area (Å²) in [6.07, 6.45) is 0.760. The zero-order valence-corrected chi connectivity index (χ0v) is 18.2. The molecule has 2 heterocycles. The van der Waals surface area contributed by atoms with Gasteiger partial charge in [0.05, 0.1) is 25.7 Å². The summed E-state index contributed by atoms with van der Waals surface area (Å²) in [7, 11) is 1.54. The van der Waals surface area contributed by atoms with E-state index in [0.29, 0.717) is 70.5 Å². The lowest BCUT2D eigenvalue weighted by Gasteiger charge is -2.13. The van der Waals surface area contributed by atoms with Crippen LogP contribution in [0.25, 0.3) is 21.9 Å². The zero-order valence-electron chi connectivity index (χ0n) is 17.4. The molecule has 1 saturated heterocycles. The number of benzene rings is 3. The Labute approximate surface area is 189 Å². The van der Waals surface area contributed by atoms with Crippen LogP contribution < -0.4 is 19.6 Å². The van der Waals surface area contributed by atoms with E-state index in [1.54, 1.807) is 37.4 Å². The van der Waals surface area contributed by atoms with Gasteiger partial charge in [0.1, 0.15) is 35.2 Å². The molecule has 0 bridgehead atoms. The average Bonchev–Trinajstić information content (AvgIpc) is 3.63. The summed E-state index contributed by atoms with van der Waals surface area (Å²) in [5, 5.41) is 1.49. The number of rotatable bonds is 8.